The lowest BCUT2D eigenvalue weighted by Crippen LogP contribution is -2.15. The number of nitrogens with two attached hydrogens (primary N) is 1. The van der Waals surface area contributed by atoms with Crippen molar-refractivity contribution in [2.45, 2.75) is 18.7 Å². The molecule has 2 aromatic carbocycles. The molecule has 2 rings (SSSR count). The largest absolute Gasteiger partial charge is 0.396 e. The van der Waals surface area contributed by atoms with Crippen molar-refractivity contribution in [3.63, 3.8) is 0 Å². The summed E-state index contributed by atoms with van der Waals surface area (Å²) in [6.07, 6.45) is 0. The van der Waals surface area contributed by atoms with E-state index in [9.17, 15) is 17.2 Å². The van der Waals surface area contributed by atoms with E-state index in [2.05, 4.69) is 4.72 Å². The zero-order valence-electron chi connectivity index (χ0n) is 11.4. The highest BCUT2D eigenvalue weighted by atomic mass is 32.2. The van der Waals surface area contributed by atoms with Gasteiger partial charge >= 0.3 is 0 Å². The molecule has 112 valence electrons. The third-order valence-electron chi connectivity index (χ3n) is 3.08. The van der Waals surface area contributed by atoms with Crippen molar-refractivity contribution >= 4 is 21.4 Å². The molecular weight excluding hydrogens is 298 g/mol. The van der Waals surface area contributed by atoms with Crippen LogP contribution in [0.5, 0.6) is 0 Å². The van der Waals surface area contributed by atoms with Gasteiger partial charge in [-0.05, 0) is 43.7 Å². The fourth-order valence-electron chi connectivity index (χ4n) is 1.84. The molecule has 0 atom stereocenters. The molecule has 0 saturated carbocycles. The van der Waals surface area contributed by atoms with Crippen molar-refractivity contribution in [2.24, 2.45) is 0 Å². The smallest absolute Gasteiger partial charge is 0.261 e. The molecule has 7 heteroatoms. The van der Waals surface area contributed by atoms with Gasteiger partial charge in [-0.15, -0.1) is 0 Å². The van der Waals surface area contributed by atoms with Gasteiger partial charge in [0.2, 0.25) is 0 Å². The first kappa shape index (κ1) is 15.2. The predicted octanol–water partition coefficient (Wildman–Crippen LogP) is 2.96. The van der Waals surface area contributed by atoms with Gasteiger partial charge in [0.05, 0.1) is 16.3 Å². The summed E-state index contributed by atoms with van der Waals surface area (Å²) in [5, 5.41) is 0. The Morgan fingerprint density at radius 1 is 1.14 bits per heavy atom. The average Bonchev–Trinajstić information content (AvgIpc) is 2.40. The predicted molar refractivity (Wildman–Crippen MR) is 77.5 cm³/mol. The molecule has 2 aromatic rings. The zero-order valence-corrected chi connectivity index (χ0v) is 12.3. The molecule has 0 aromatic heterocycles. The number of nitrogens with one attached hydrogen (secondary N) is 1. The second-order valence-corrected chi connectivity index (χ2v) is 6.34. The lowest BCUT2D eigenvalue weighted by Gasteiger charge is -2.12. The highest BCUT2D eigenvalue weighted by Crippen LogP contribution is 2.25. The summed E-state index contributed by atoms with van der Waals surface area (Å²) in [6.45, 7) is 2.87. The quantitative estimate of drug-likeness (QED) is 0.856. The molecule has 0 amide bonds. The van der Waals surface area contributed by atoms with Crippen LogP contribution in [0.15, 0.2) is 35.2 Å². The maximum absolute atomic E-state index is 13.5. The van der Waals surface area contributed by atoms with Gasteiger partial charge in [0, 0.05) is 5.56 Å². The van der Waals surface area contributed by atoms with E-state index in [0.717, 1.165) is 6.07 Å². The third kappa shape index (κ3) is 2.97. The number of aryl methyl sites for hydroxylation is 1. The van der Waals surface area contributed by atoms with Gasteiger partial charge in [0.1, 0.15) is 11.6 Å². The molecule has 3 N–H and O–H groups in total. The number of anilines is 2. The first-order valence-corrected chi connectivity index (χ1v) is 7.54. The summed E-state index contributed by atoms with van der Waals surface area (Å²) >= 11 is 0. The number of hydrogen-bond acceptors (Lipinski definition) is 3. The monoisotopic (exact) mass is 312 g/mol. The second kappa shape index (κ2) is 5.33. The lowest BCUT2D eigenvalue weighted by atomic mass is 10.2. The molecule has 0 saturated heterocycles. The van der Waals surface area contributed by atoms with Crippen LogP contribution in [0.4, 0.5) is 20.2 Å². The Kier molecular flexibility index (Phi) is 3.87. The molecule has 0 aliphatic heterocycles. The van der Waals surface area contributed by atoms with Gasteiger partial charge in [-0.1, -0.05) is 6.07 Å². The minimum absolute atomic E-state index is 0.117. The number of hydrogen-bond donors (Lipinski definition) is 2. The van der Waals surface area contributed by atoms with E-state index < -0.39 is 21.7 Å². The Morgan fingerprint density at radius 2 is 1.81 bits per heavy atom. The highest BCUT2D eigenvalue weighted by Gasteiger charge is 2.19. The second-order valence-electron chi connectivity index (χ2n) is 4.66. The van der Waals surface area contributed by atoms with Crippen LogP contribution >= 0.6 is 0 Å². The molecule has 4 nitrogen and oxygen atoms in total. The molecular formula is C14H14F2N2O2S. The molecule has 0 radical (unpaired) electrons. The van der Waals surface area contributed by atoms with Crippen LogP contribution in [-0.2, 0) is 10.0 Å². The van der Waals surface area contributed by atoms with Gasteiger partial charge < -0.3 is 5.73 Å². The highest BCUT2D eigenvalue weighted by molar-refractivity contribution is 7.92. The van der Waals surface area contributed by atoms with Crippen LogP contribution in [0.25, 0.3) is 0 Å². The number of rotatable bonds is 3. The third-order valence-corrected chi connectivity index (χ3v) is 4.42. The summed E-state index contributed by atoms with van der Waals surface area (Å²) in [6, 6.07) is 6.26. The van der Waals surface area contributed by atoms with Crippen molar-refractivity contribution < 1.29 is 17.2 Å². The van der Waals surface area contributed by atoms with Crippen molar-refractivity contribution in [2.75, 3.05) is 10.5 Å². The van der Waals surface area contributed by atoms with E-state index >= 15 is 0 Å². The minimum atomic E-state index is -3.98. The van der Waals surface area contributed by atoms with Crippen molar-refractivity contribution in [1.29, 1.82) is 0 Å². The summed E-state index contributed by atoms with van der Waals surface area (Å²) in [5.41, 5.74) is 5.59. The lowest BCUT2D eigenvalue weighted by molar-refractivity contribution is 0.598. The van der Waals surface area contributed by atoms with E-state index in [-0.39, 0.29) is 27.4 Å². The topological polar surface area (TPSA) is 72.2 Å². The average molecular weight is 312 g/mol. The minimum Gasteiger partial charge on any atom is -0.396 e. The molecule has 0 unspecified atom stereocenters. The Morgan fingerprint density at radius 3 is 2.43 bits per heavy atom. The normalized spacial score (nSPS) is 11.4. The Labute approximate surface area is 121 Å². The van der Waals surface area contributed by atoms with Crippen LogP contribution < -0.4 is 10.5 Å². The van der Waals surface area contributed by atoms with Gasteiger partial charge in [0.15, 0.2) is 0 Å². The maximum Gasteiger partial charge on any atom is 0.261 e. The van der Waals surface area contributed by atoms with Crippen molar-refractivity contribution in [1.82, 2.24) is 0 Å². The van der Waals surface area contributed by atoms with E-state index in [1.165, 1.54) is 38.1 Å². The molecule has 0 aliphatic carbocycles. The van der Waals surface area contributed by atoms with Crippen LogP contribution in [0.3, 0.4) is 0 Å². The standard InChI is InChI=1S/C14H14F2N2O2S/c1-8-6-10(7-12(17)14(8)16)21(19,20)18-13-5-3-4-11(15)9(13)2/h3-7,18H,17H2,1-2H3. The molecule has 0 fully saturated rings. The van der Waals surface area contributed by atoms with E-state index in [0.29, 0.717) is 0 Å². The van der Waals surface area contributed by atoms with Crippen molar-refractivity contribution in [3.05, 3.63) is 53.1 Å². The molecule has 0 heterocycles. The molecule has 21 heavy (non-hydrogen) atoms. The first-order chi connectivity index (χ1) is 9.72. The van der Waals surface area contributed by atoms with Gasteiger partial charge in [-0.25, -0.2) is 17.2 Å². The van der Waals surface area contributed by atoms with E-state index in [1.54, 1.807) is 0 Å². The Bertz CT molecular complexity index is 782. The zero-order chi connectivity index (χ0) is 15.8. The van der Waals surface area contributed by atoms with E-state index in [4.69, 9.17) is 5.73 Å². The van der Waals surface area contributed by atoms with E-state index in [1.807, 2.05) is 0 Å². The number of sulfonamides is 1. The summed E-state index contributed by atoms with van der Waals surface area (Å²) < 4.78 is 53.7. The summed E-state index contributed by atoms with van der Waals surface area (Å²) in [7, 11) is -3.98. The van der Waals surface area contributed by atoms with Gasteiger partial charge in [-0.3, -0.25) is 4.72 Å². The number of halogens is 2. The molecule has 0 aliphatic rings. The number of benzene rings is 2. The fourth-order valence-corrected chi connectivity index (χ4v) is 3.08. The summed E-state index contributed by atoms with van der Waals surface area (Å²) in [5.74, 6) is -1.18. The van der Waals surface area contributed by atoms with Crippen molar-refractivity contribution in [3.8, 4) is 0 Å². The van der Waals surface area contributed by atoms with Crippen LogP contribution in [0, 0.1) is 25.5 Å². The Hall–Kier alpha value is -2.15. The number of nitrogen functional groups attached to an aromatic ring is 1. The van der Waals surface area contributed by atoms with Crippen LogP contribution in [-0.4, -0.2) is 8.42 Å². The van der Waals surface area contributed by atoms with Crippen LogP contribution in [0.1, 0.15) is 11.1 Å². The maximum atomic E-state index is 13.5. The molecule has 0 spiro atoms. The molecule has 0 bridgehead atoms. The summed E-state index contributed by atoms with van der Waals surface area (Å²) in [4.78, 5) is -0.178. The SMILES string of the molecule is Cc1cc(S(=O)(=O)Nc2cccc(F)c2C)cc(N)c1F. The Balaban J connectivity index is 2.46. The first-order valence-electron chi connectivity index (χ1n) is 6.06. The van der Waals surface area contributed by atoms with Crippen LogP contribution in [0.2, 0.25) is 0 Å². The van der Waals surface area contributed by atoms with Gasteiger partial charge in [-0.2, -0.15) is 0 Å². The fraction of sp³-hybridized carbons (Fsp3) is 0.143. The van der Waals surface area contributed by atoms with Gasteiger partial charge in [0.25, 0.3) is 10.0 Å².